The first-order chi connectivity index (χ1) is 12.7. The van der Waals surface area contributed by atoms with Gasteiger partial charge in [-0.2, -0.15) is 0 Å². The molecule has 2 N–H and O–H groups in total. The van der Waals surface area contributed by atoms with Crippen molar-refractivity contribution in [3.63, 3.8) is 0 Å². The molecular formula is C19H13FN2O4S. The number of carboxylic acids is 1. The van der Waals surface area contributed by atoms with Crippen LogP contribution in [0.25, 0.3) is 33.1 Å². The average Bonchev–Trinajstić information content (AvgIpc) is 2.98. The number of aromatic carboxylic acids is 1. The van der Waals surface area contributed by atoms with Gasteiger partial charge in [-0.15, -0.1) is 0 Å². The van der Waals surface area contributed by atoms with E-state index in [9.17, 15) is 22.7 Å². The molecule has 0 bridgehead atoms. The van der Waals surface area contributed by atoms with Gasteiger partial charge in [0.25, 0.3) is 0 Å². The smallest absolute Gasteiger partial charge is 0.354 e. The van der Waals surface area contributed by atoms with Crippen molar-refractivity contribution in [3.8, 4) is 11.3 Å². The summed E-state index contributed by atoms with van der Waals surface area (Å²) in [6.45, 7) is 0. The number of halogens is 1. The Kier molecular flexibility index (Phi) is 3.74. The Morgan fingerprint density at radius 2 is 1.78 bits per heavy atom. The Bertz CT molecular complexity index is 1330. The Hall–Kier alpha value is -3.26. The third kappa shape index (κ3) is 2.93. The van der Waals surface area contributed by atoms with Crippen LogP contribution in [0.1, 0.15) is 10.5 Å². The van der Waals surface area contributed by atoms with Crippen molar-refractivity contribution in [2.75, 3.05) is 6.26 Å². The Morgan fingerprint density at radius 3 is 2.41 bits per heavy atom. The minimum Gasteiger partial charge on any atom is -0.477 e. The number of hydrogen-bond donors (Lipinski definition) is 2. The fourth-order valence-electron chi connectivity index (χ4n) is 3.05. The van der Waals surface area contributed by atoms with Crippen molar-refractivity contribution in [2.24, 2.45) is 0 Å². The van der Waals surface area contributed by atoms with Gasteiger partial charge < -0.3 is 10.1 Å². The van der Waals surface area contributed by atoms with Crippen molar-refractivity contribution >= 4 is 37.6 Å². The third-order valence-electron chi connectivity index (χ3n) is 4.33. The van der Waals surface area contributed by atoms with Crippen molar-refractivity contribution in [3.05, 3.63) is 60.0 Å². The molecule has 0 saturated heterocycles. The SMILES string of the molecule is CS(=O)(=O)c1ccc(-c2nc(C(=O)O)cc3c2[nH]c2ccc(F)cc23)cc1. The maximum Gasteiger partial charge on any atom is 0.354 e. The maximum atomic E-state index is 13.7. The number of fused-ring (bicyclic) bond motifs is 3. The van der Waals surface area contributed by atoms with E-state index in [2.05, 4.69) is 9.97 Å². The summed E-state index contributed by atoms with van der Waals surface area (Å²) in [5.41, 5.74) is 1.90. The van der Waals surface area contributed by atoms with E-state index < -0.39 is 21.6 Å². The number of pyridine rings is 1. The van der Waals surface area contributed by atoms with Crippen LogP contribution in [0, 0.1) is 5.82 Å². The zero-order valence-electron chi connectivity index (χ0n) is 14.0. The Labute approximate surface area is 153 Å². The number of H-pyrrole nitrogens is 1. The molecule has 0 aliphatic carbocycles. The molecule has 8 heteroatoms. The zero-order chi connectivity index (χ0) is 19.3. The second-order valence-corrected chi connectivity index (χ2v) is 8.21. The molecule has 0 aliphatic rings. The summed E-state index contributed by atoms with van der Waals surface area (Å²) in [7, 11) is -3.36. The quantitative estimate of drug-likeness (QED) is 0.562. The van der Waals surface area contributed by atoms with Crippen molar-refractivity contribution < 1.29 is 22.7 Å². The highest BCUT2D eigenvalue weighted by molar-refractivity contribution is 7.90. The summed E-state index contributed by atoms with van der Waals surface area (Å²) in [5, 5.41) is 10.5. The van der Waals surface area contributed by atoms with E-state index >= 15 is 0 Å². The lowest BCUT2D eigenvalue weighted by Crippen LogP contribution is -2.02. The normalized spacial score (nSPS) is 11.9. The molecule has 0 fully saturated rings. The van der Waals surface area contributed by atoms with E-state index in [4.69, 9.17) is 0 Å². The van der Waals surface area contributed by atoms with E-state index in [0.29, 0.717) is 33.1 Å². The molecule has 136 valence electrons. The fraction of sp³-hybridized carbons (Fsp3) is 0.0526. The minimum absolute atomic E-state index is 0.149. The zero-order valence-corrected chi connectivity index (χ0v) is 14.8. The third-order valence-corrected chi connectivity index (χ3v) is 5.45. The predicted octanol–water partition coefficient (Wildman–Crippen LogP) is 3.62. The number of aromatic nitrogens is 2. The largest absolute Gasteiger partial charge is 0.477 e. The number of hydrogen-bond acceptors (Lipinski definition) is 4. The molecular weight excluding hydrogens is 371 g/mol. The maximum absolute atomic E-state index is 13.7. The molecule has 0 atom stereocenters. The van der Waals surface area contributed by atoms with Crippen LogP contribution in [0.4, 0.5) is 4.39 Å². The van der Waals surface area contributed by atoms with Gasteiger partial charge in [-0.25, -0.2) is 22.6 Å². The number of sulfone groups is 1. The van der Waals surface area contributed by atoms with Gasteiger partial charge in [-0.1, -0.05) is 12.1 Å². The Morgan fingerprint density at radius 1 is 1.07 bits per heavy atom. The monoisotopic (exact) mass is 384 g/mol. The van der Waals surface area contributed by atoms with Gasteiger partial charge in [0.05, 0.1) is 16.1 Å². The van der Waals surface area contributed by atoms with Gasteiger partial charge in [0, 0.05) is 28.1 Å². The van der Waals surface area contributed by atoms with Gasteiger partial charge in [0.2, 0.25) is 0 Å². The predicted molar refractivity (Wildman–Crippen MR) is 99.1 cm³/mol. The summed E-state index contributed by atoms with van der Waals surface area (Å²) < 4.78 is 37.0. The summed E-state index contributed by atoms with van der Waals surface area (Å²) in [6, 6.07) is 11.6. The average molecular weight is 384 g/mol. The standard InChI is InChI=1S/C19H13FN2O4S/c1-27(25,26)12-5-2-10(3-6-12)17-18-14(9-16(22-17)19(23)24)13-8-11(20)4-7-15(13)21-18/h2-9,21H,1H3,(H,23,24). The van der Waals surface area contributed by atoms with Gasteiger partial charge in [0.1, 0.15) is 11.5 Å². The van der Waals surface area contributed by atoms with Gasteiger partial charge in [-0.05, 0) is 36.4 Å². The molecule has 6 nitrogen and oxygen atoms in total. The molecule has 27 heavy (non-hydrogen) atoms. The van der Waals surface area contributed by atoms with E-state index in [0.717, 1.165) is 6.26 Å². The number of aromatic amines is 1. The summed E-state index contributed by atoms with van der Waals surface area (Å²) >= 11 is 0. The number of nitrogens with one attached hydrogen (secondary N) is 1. The van der Waals surface area contributed by atoms with Crippen LogP contribution in [0.5, 0.6) is 0 Å². The minimum atomic E-state index is -3.36. The van der Waals surface area contributed by atoms with Gasteiger partial charge in [-0.3, -0.25) is 0 Å². The molecule has 0 spiro atoms. The van der Waals surface area contributed by atoms with Crippen LogP contribution in [-0.4, -0.2) is 35.7 Å². The van der Waals surface area contributed by atoms with Crippen LogP contribution in [-0.2, 0) is 9.84 Å². The molecule has 2 aromatic heterocycles. The highest BCUT2D eigenvalue weighted by Gasteiger charge is 2.17. The van der Waals surface area contributed by atoms with E-state index in [1.807, 2.05) is 0 Å². The van der Waals surface area contributed by atoms with Gasteiger partial charge >= 0.3 is 5.97 Å². The molecule has 0 amide bonds. The van der Waals surface area contributed by atoms with Crippen LogP contribution < -0.4 is 0 Å². The number of rotatable bonds is 3. The molecule has 4 rings (SSSR count). The molecule has 4 aromatic rings. The molecule has 0 saturated carbocycles. The molecule has 2 aromatic carbocycles. The second-order valence-electron chi connectivity index (χ2n) is 6.20. The second kappa shape index (κ2) is 5.88. The van der Waals surface area contributed by atoms with Crippen molar-refractivity contribution in [2.45, 2.75) is 4.90 Å². The highest BCUT2D eigenvalue weighted by Crippen LogP contribution is 2.33. The summed E-state index contributed by atoms with van der Waals surface area (Å²) in [4.78, 5) is 19.0. The van der Waals surface area contributed by atoms with Crippen LogP contribution >= 0.6 is 0 Å². The number of nitrogens with zero attached hydrogens (tertiary/aromatic N) is 1. The molecule has 2 heterocycles. The molecule has 0 unspecified atom stereocenters. The van der Waals surface area contributed by atoms with Gasteiger partial charge in [0.15, 0.2) is 9.84 Å². The summed E-state index contributed by atoms with van der Waals surface area (Å²) in [6.07, 6.45) is 1.11. The van der Waals surface area contributed by atoms with Crippen molar-refractivity contribution in [1.29, 1.82) is 0 Å². The molecule has 0 radical (unpaired) electrons. The Balaban J connectivity index is 2.04. The van der Waals surface area contributed by atoms with Crippen molar-refractivity contribution in [1.82, 2.24) is 9.97 Å². The van der Waals surface area contributed by atoms with Crippen LogP contribution in [0.2, 0.25) is 0 Å². The first kappa shape index (κ1) is 17.2. The number of benzene rings is 2. The fourth-order valence-corrected chi connectivity index (χ4v) is 3.68. The lowest BCUT2D eigenvalue weighted by Gasteiger charge is -2.06. The first-order valence-electron chi connectivity index (χ1n) is 7.90. The lowest BCUT2D eigenvalue weighted by atomic mass is 10.1. The number of carbonyl (C=O) groups is 1. The topological polar surface area (TPSA) is 100 Å². The van der Waals surface area contributed by atoms with Crippen LogP contribution in [0.3, 0.4) is 0 Å². The molecule has 0 aliphatic heterocycles. The van der Waals surface area contributed by atoms with E-state index in [-0.39, 0.29) is 10.6 Å². The van der Waals surface area contributed by atoms with E-state index in [1.54, 1.807) is 18.2 Å². The number of carboxylic acid groups (broad SMARTS) is 1. The van der Waals surface area contributed by atoms with Crippen LogP contribution in [0.15, 0.2) is 53.4 Å². The highest BCUT2D eigenvalue weighted by atomic mass is 32.2. The lowest BCUT2D eigenvalue weighted by molar-refractivity contribution is 0.0691. The van der Waals surface area contributed by atoms with E-state index in [1.165, 1.54) is 30.3 Å². The summed E-state index contributed by atoms with van der Waals surface area (Å²) in [5.74, 6) is -1.65. The first-order valence-corrected chi connectivity index (χ1v) is 9.79.